The predicted molar refractivity (Wildman–Crippen MR) is 161 cm³/mol. The number of halogens is 3. The minimum absolute atomic E-state index is 0.0456. The number of alkyl halides is 3. The fourth-order valence-corrected chi connectivity index (χ4v) is 6.12. The van der Waals surface area contributed by atoms with E-state index < -0.39 is 33.7 Å². The van der Waals surface area contributed by atoms with Crippen molar-refractivity contribution in [2.24, 2.45) is 0 Å². The quantitative estimate of drug-likeness (QED) is 0.173. The Morgan fingerprint density at radius 3 is 2.07 bits per heavy atom. The van der Waals surface area contributed by atoms with Gasteiger partial charge in [0.15, 0.2) is 0 Å². The number of rotatable bonds is 12. The Balaban J connectivity index is 1.50. The lowest BCUT2D eigenvalue weighted by atomic mass is 10.0. The molecule has 0 aliphatic rings. The second-order valence-corrected chi connectivity index (χ2v) is 12.4. The van der Waals surface area contributed by atoms with E-state index in [1.54, 1.807) is 19.1 Å². The Morgan fingerprint density at radius 2 is 1.48 bits per heavy atom. The molecule has 0 aliphatic carbocycles. The molecule has 0 spiro atoms. The zero-order valence-electron chi connectivity index (χ0n) is 24.4. The molecule has 0 heterocycles. The monoisotopic (exact) mass is 625 g/mol. The summed E-state index contributed by atoms with van der Waals surface area (Å²) in [5.41, 5.74) is 1.44. The van der Waals surface area contributed by atoms with E-state index in [1.165, 1.54) is 48.5 Å². The highest BCUT2D eigenvalue weighted by molar-refractivity contribution is 7.91. The molecule has 0 aromatic heterocycles. The van der Waals surface area contributed by atoms with E-state index >= 15 is 0 Å². The lowest BCUT2D eigenvalue weighted by Gasteiger charge is -2.31. The normalized spacial score (nSPS) is 13.4. The molecule has 44 heavy (non-hydrogen) atoms. The first kappa shape index (κ1) is 32.9. The molecular formula is C34H34F3NO5S. The van der Waals surface area contributed by atoms with E-state index in [1.807, 2.05) is 42.2 Å². The third-order valence-electron chi connectivity index (χ3n) is 7.30. The average Bonchev–Trinajstić information content (AvgIpc) is 3.01. The van der Waals surface area contributed by atoms with Crippen LogP contribution in [0.15, 0.2) is 113 Å². The zero-order valence-corrected chi connectivity index (χ0v) is 25.2. The summed E-state index contributed by atoms with van der Waals surface area (Å²) in [7, 11) is -3.83. The van der Waals surface area contributed by atoms with Crippen molar-refractivity contribution in [3.05, 3.63) is 131 Å². The smallest absolute Gasteiger partial charge is 0.416 e. The molecule has 4 aromatic rings. The Morgan fingerprint density at radius 1 is 0.864 bits per heavy atom. The van der Waals surface area contributed by atoms with Crippen LogP contribution in [0.1, 0.15) is 52.6 Å². The minimum Gasteiger partial charge on any atom is -0.462 e. The zero-order chi connectivity index (χ0) is 31.9. The van der Waals surface area contributed by atoms with Crippen LogP contribution in [0.5, 0.6) is 0 Å². The highest BCUT2D eigenvalue weighted by Gasteiger charge is 2.31. The molecule has 2 atom stereocenters. The molecular weight excluding hydrogens is 591 g/mol. The van der Waals surface area contributed by atoms with Crippen LogP contribution in [0.4, 0.5) is 13.2 Å². The van der Waals surface area contributed by atoms with Gasteiger partial charge in [-0.05, 0) is 85.5 Å². The van der Waals surface area contributed by atoms with Gasteiger partial charge in [0.1, 0.15) is 0 Å². The van der Waals surface area contributed by atoms with Crippen LogP contribution in [-0.4, -0.2) is 43.6 Å². The van der Waals surface area contributed by atoms with Crippen molar-refractivity contribution in [1.29, 1.82) is 0 Å². The van der Waals surface area contributed by atoms with Gasteiger partial charge in [0.2, 0.25) is 9.84 Å². The number of hydrogen-bond acceptors (Lipinski definition) is 6. The molecule has 0 fully saturated rings. The number of aliphatic hydroxyl groups excluding tert-OH is 1. The molecule has 0 amide bonds. The van der Waals surface area contributed by atoms with Crippen LogP contribution in [0.2, 0.25) is 0 Å². The predicted octanol–water partition coefficient (Wildman–Crippen LogP) is 6.88. The molecule has 0 saturated carbocycles. The van der Waals surface area contributed by atoms with Gasteiger partial charge in [-0.2, -0.15) is 13.2 Å². The Bertz CT molecular complexity index is 1640. The van der Waals surface area contributed by atoms with Gasteiger partial charge in [-0.1, -0.05) is 54.6 Å². The third kappa shape index (κ3) is 8.34. The van der Waals surface area contributed by atoms with Crippen LogP contribution in [0.25, 0.3) is 0 Å². The summed E-state index contributed by atoms with van der Waals surface area (Å²) in [6.07, 6.45) is -5.18. The first-order valence-electron chi connectivity index (χ1n) is 14.1. The molecule has 0 saturated heterocycles. The topological polar surface area (TPSA) is 83.9 Å². The fourth-order valence-electron chi connectivity index (χ4n) is 4.86. The summed E-state index contributed by atoms with van der Waals surface area (Å²) in [6.45, 7) is 4.39. The number of esters is 1. The van der Waals surface area contributed by atoms with E-state index in [4.69, 9.17) is 4.74 Å². The first-order chi connectivity index (χ1) is 20.9. The van der Waals surface area contributed by atoms with Gasteiger partial charge in [-0.25, -0.2) is 13.2 Å². The summed E-state index contributed by atoms with van der Waals surface area (Å²) in [4.78, 5) is 14.0. The molecule has 232 valence electrons. The lowest BCUT2D eigenvalue weighted by molar-refractivity contribution is -0.137. The molecule has 1 N–H and O–H groups in total. The Labute approximate surface area is 255 Å². The molecule has 4 rings (SSSR count). The van der Waals surface area contributed by atoms with Crippen molar-refractivity contribution in [2.75, 3.05) is 13.2 Å². The maximum absolute atomic E-state index is 13.3. The van der Waals surface area contributed by atoms with E-state index in [0.29, 0.717) is 13.0 Å². The summed E-state index contributed by atoms with van der Waals surface area (Å²) >= 11 is 0. The van der Waals surface area contributed by atoms with Crippen molar-refractivity contribution < 1.29 is 36.2 Å². The highest BCUT2D eigenvalue weighted by Crippen LogP contribution is 2.31. The second kappa shape index (κ2) is 14.2. The molecule has 0 bridgehead atoms. The SMILES string of the molecule is CCOC(=O)c1ccc(S(=O)(=O)c2ccc(C[C@@H](C)N(Cc3ccccc3)C[C@H](O)c3cccc(C(F)(F)F)c3)cc2)cc1. The summed E-state index contributed by atoms with van der Waals surface area (Å²) in [6, 6.07) is 26.2. The number of aliphatic hydroxyl groups is 1. The highest BCUT2D eigenvalue weighted by atomic mass is 32.2. The van der Waals surface area contributed by atoms with Crippen molar-refractivity contribution >= 4 is 15.8 Å². The fraction of sp³-hybridized carbons (Fsp3) is 0.265. The van der Waals surface area contributed by atoms with Crippen molar-refractivity contribution in [3.8, 4) is 0 Å². The molecule has 4 aromatic carbocycles. The van der Waals surface area contributed by atoms with Crippen molar-refractivity contribution in [1.82, 2.24) is 4.90 Å². The third-order valence-corrected chi connectivity index (χ3v) is 9.08. The van der Waals surface area contributed by atoms with E-state index in [-0.39, 0.29) is 40.1 Å². The average molecular weight is 626 g/mol. The lowest BCUT2D eigenvalue weighted by Crippen LogP contribution is -2.37. The van der Waals surface area contributed by atoms with E-state index in [9.17, 15) is 31.5 Å². The number of ether oxygens (including phenoxy) is 1. The van der Waals surface area contributed by atoms with Crippen molar-refractivity contribution in [2.45, 2.75) is 54.9 Å². The van der Waals surface area contributed by atoms with Crippen LogP contribution in [-0.2, 0) is 33.7 Å². The van der Waals surface area contributed by atoms with Gasteiger partial charge in [-0.15, -0.1) is 0 Å². The number of benzene rings is 4. The molecule has 6 nitrogen and oxygen atoms in total. The second-order valence-electron chi connectivity index (χ2n) is 10.5. The number of carbonyl (C=O) groups is 1. The van der Waals surface area contributed by atoms with E-state index in [2.05, 4.69) is 0 Å². The Hall–Kier alpha value is -3.99. The van der Waals surface area contributed by atoms with Crippen LogP contribution < -0.4 is 0 Å². The molecule has 0 aliphatic heterocycles. The van der Waals surface area contributed by atoms with Crippen LogP contribution in [0.3, 0.4) is 0 Å². The van der Waals surface area contributed by atoms with Gasteiger partial charge in [-0.3, -0.25) is 4.90 Å². The van der Waals surface area contributed by atoms with Gasteiger partial charge >= 0.3 is 12.1 Å². The summed E-state index contributed by atoms with van der Waals surface area (Å²) < 4.78 is 71.2. The van der Waals surface area contributed by atoms with Gasteiger partial charge in [0.05, 0.1) is 33.6 Å². The van der Waals surface area contributed by atoms with Gasteiger partial charge in [0.25, 0.3) is 0 Å². The van der Waals surface area contributed by atoms with Gasteiger partial charge in [0, 0.05) is 19.1 Å². The summed E-state index contributed by atoms with van der Waals surface area (Å²) in [5, 5.41) is 11.0. The molecule has 0 radical (unpaired) electrons. The van der Waals surface area contributed by atoms with Crippen molar-refractivity contribution in [3.63, 3.8) is 0 Å². The standard InChI is InChI=1S/C34H34F3NO5S/c1-3-43-33(40)27-14-18-31(19-15-27)44(41,42)30-16-12-25(13-17-30)20-24(2)38(22-26-8-5-4-6-9-26)23-32(39)28-10-7-11-29(21-28)34(35,36)37/h4-19,21,24,32,39H,3,20,22-23H2,1-2H3/t24-,32+/m1/s1. The number of sulfone groups is 1. The van der Waals surface area contributed by atoms with Crippen LogP contribution >= 0.6 is 0 Å². The maximum atomic E-state index is 13.3. The number of nitrogens with zero attached hydrogens (tertiary/aromatic N) is 1. The van der Waals surface area contributed by atoms with Gasteiger partial charge < -0.3 is 9.84 Å². The maximum Gasteiger partial charge on any atom is 0.416 e. The molecule has 10 heteroatoms. The van der Waals surface area contributed by atoms with E-state index in [0.717, 1.165) is 23.3 Å². The number of carbonyl (C=O) groups excluding carboxylic acids is 1. The largest absolute Gasteiger partial charge is 0.462 e. The number of hydrogen-bond donors (Lipinski definition) is 1. The van der Waals surface area contributed by atoms with Crippen LogP contribution in [0, 0.1) is 0 Å². The molecule has 0 unspecified atom stereocenters. The Kier molecular flexibility index (Phi) is 10.6. The minimum atomic E-state index is -4.52. The summed E-state index contributed by atoms with van der Waals surface area (Å²) in [5.74, 6) is -0.529. The first-order valence-corrected chi connectivity index (χ1v) is 15.6.